The number of nitrogens with zero attached hydrogens (tertiary/aromatic N) is 2. The Morgan fingerprint density at radius 3 is 2.21 bits per heavy atom. The topological polar surface area (TPSA) is 61.2 Å². The van der Waals surface area contributed by atoms with E-state index in [-0.39, 0.29) is 11.7 Å². The van der Waals surface area contributed by atoms with Crippen LogP contribution >= 0.6 is 0 Å². The summed E-state index contributed by atoms with van der Waals surface area (Å²) in [6.07, 6.45) is 0. The van der Waals surface area contributed by atoms with Crippen molar-refractivity contribution in [1.82, 2.24) is 0 Å². The molecule has 4 heteroatoms. The summed E-state index contributed by atoms with van der Waals surface area (Å²) in [5.41, 5.74) is 1.05. The molecule has 1 amide bonds. The third-order valence-electron chi connectivity index (χ3n) is 7.42. The molecule has 2 aliphatic rings. The highest BCUT2D eigenvalue weighted by Gasteiger charge is 2.88. The molecule has 5 rings (SSSR count). The lowest BCUT2D eigenvalue weighted by Crippen LogP contribution is -2.40. The summed E-state index contributed by atoms with van der Waals surface area (Å²) in [4.78, 5) is 30.2. The van der Waals surface area contributed by atoms with Gasteiger partial charge in [-0.05, 0) is 29.7 Å². The quantitative estimate of drug-likeness (QED) is 0.514. The predicted octanol–water partition coefficient (Wildman–Crippen LogP) is 5.70. The van der Waals surface area contributed by atoms with Crippen LogP contribution in [0.25, 0.3) is 0 Å². The van der Waals surface area contributed by atoms with Gasteiger partial charge in [-0.15, -0.1) is 0 Å². The van der Waals surface area contributed by atoms with E-state index < -0.39 is 22.2 Å². The van der Waals surface area contributed by atoms with E-state index in [9.17, 15) is 14.9 Å². The Morgan fingerprint density at radius 1 is 0.971 bits per heavy atom. The molecule has 0 N–H and O–H groups in total. The molecule has 4 nitrogen and oxygen atoms in total. The Labute approximate surface area is 200 Å². The molecule has 0 unspecified atom stereocenters. The van der Waals surface area contributed by atoms with Gasteiger partial charge in [0.2, 0.25) is 5.91 Å². The van der Waals surface area contributed by atoms with Gasteiger partial charge in [-0.3, -0.25) is 9.59 Å². The van der Waals surface area contributed by atoms with Crippen molar-refractivity contribution in [1.29, 1.82) is 5.26 Å². The molecule has 0 bridgehead atoms. The maximum absolute atomic E-state index is 14.4. The first kappa shape index (κ1) is 22.1. The summed E-state index contributed by atoms with van der Waals surface area (Å²) in [6.45, 7) is 7.89. The summed E-state index contributed by atoms with van der Waals surface area (Å²) in [6, 6.07) is 27.8. The number of rotatable bonds is 4. The average Bonchev–Trinajstić information content (AvgIpc) is 3.39. The van der Waals surface area contributed by atoms with Crippen molar-refractivity contribution < 1.29 is 9.59 Å². The number of hydrogen-bond acceptors (Lipinski definition) is 3. The van der Waals surface area contributed by atoms with E-state index in [1.54, 1.807) is 4.90 Å². The van der Waals surface area contributed by atoms with E-state index in [4.69, 9.17) is 0 Å². The number of carbonyl (C=O) groups excluding carboxylic acids is 2. The summed E-state index contributed by atoms with van der Waals surface area (Å²) in [7, 11) is 0. The molecule has 1 fully saturated rings. The van der Waals surface area contributed by atoms with Crippen molar-refractivity contribution in [3.8, 4) is 6.07 Å². The zero-order chi connectivity index (χ0) is 24.3. The second kappa shape index (κ2) is 7.40. The molecule has 3 aromatic rings. The number of ketones is 1. The van der Waals surface area contributed by atoms with Crippen molar-refractivity contribution >= 4 is 17.4 Å². The zero-order valence-electron chi connectivity index (χ0n) is 20.0. The first-order valence-electron chi connectivity index (χ1n) is 11.7. The van der Waals surface area contributed by atoms with Crippen LogP contribution < -0.4 is 4.90 Å². The maximum atomic E-state index is 14.4. The van der Waals surface area contributed by atoms with Crippen molar-refractivity contribution in [2.45, 2.75) is 45.6 Å². The van der Waals surface area contributed by atoms with E-state index in [1.165, 1.54) is 0 Å². The van der Waals surface area contributed by atoms with Crippen LogP contribution in [-0.4, -0.2) is 11.7 Å². The van der Waals surface area contributed by atoms with Crippen LogP contribution in [0.15, 0.2) is 78.9 Å². The number of benzene rings is 3. The highest BCUT2D eigenvalue weighted by molar-refractivity contribution is 6.19. The van der Waals surface area contributed by atoms with Gasteiger partial charge in [-0.2, -0.15) is 5.26 Å². The number of para-hydroxylation sites is 1. The Morgan fingerprint density at radius 2 is 1.59 bits per heavy atom. The second-order valence-corrected chi connectivity index (χ2v) is 10.5. The largest absolute Gasteiger partial charge is 0.307 e. The number of aryl methyl sites for hydroxylation is 1. The van der Waals surface area contributed by atoms with Gasteiger partial charge in [0.1, 0.15) is 10.8 Å². The molecule has 1 aliphatic heterocycles. The molecule has 1 heterocycles. The molecule has 0 aromatic heterocycles. The summed E-state index contributed by atoms with van der Waals surface area (Å²) >= 11 is 0. The van der Waals surface area contributed by atoms with Gasteiger partial charge in [-0.1, -0.05) is 99.1 Å². The minimum absolute atomic E-state index is 0.165. The lowest BCUT2D eigenvalue weighted by atomic mass is 9.75. The van der Waals surface area contributed by atoms with Crippen molar-refractivity contribution in [2.24, 2.45) is 10.8 Å². The molecule has 3 aromatic carbocycles. The Hall–Kier alpha value is -3.71. The third kappa shape index (κ3) is 2.77. The van der Waals surface area contributed by atoms with E-state index in [0.29, 0.717) is 6.54 Å². The lowest BCUT2D eigenvalue weighted by molar-refractivity contribution is -0.132. The molecule has 1 aliphatic carbocycles. The molecule has 3 atom stereocenters. The normalized spacial score (nSPS) is 25.2. The van der Waals surface area contributed by atoms with Gasteiger partial charge in [-0.25, -0.2) is 0 Å². The number of Topliss-reactive ketones (excluding diaryl/α,β-unsaturated/α-hetero) is 1. The third-order valence-corrected chi connectivity index (χ3v) is 7.42. The van der Waals surface area contributed by atoms with Gasteiger partial charge in [0.15, 0.2) is 5.78 Å². The molecular formula is C30H28N2O2. The van der Waals surface area contributed by atoms with Gasteiger partial charge < -0.3 is 4.90 Å². The fourth-order valence-corrected chi connectivity index (χ4v) is 5.90. The number of anilines is 1. The van der Waals surface area contributed by atoms with Crippen LogP contribution in [0.2, 0.25) is 0 Å². The Kier molecular flexibility index (Phi) is 4.81. The van der Waals surface area contributed by atoms with E-state index in [0.717, 1.165) is 27.9 Å². The van der Waals surface area contributed by atoms with Crippen LogP contribution in [0.3, 0.4) is 0 Å². The van der Waals surface area contributed by atoms with Gasteiger partial charge in [0, 0.05) is 17.0 Å². The highest BCUT2D eigenvalue weighted by atomic mass is 16.2. The van der Waals surface area contributed by atoms with Crippen LogP contribution in [0.4, 0.5) is 5.69 Å². The molecule has 0 radical (unpaired) electrons. The van der Waals surface area contributed by atoms with E-state index >= 15 is 0 Å². The summed E-state index contributed by atoms with van der Waals surface area (Å²) in [5.74, 6) is -0.883. The first-order chi connectivity index (χ1) is 16.2. The minimum atomic E-state index is -1.46. The fourth-order valence-electron chi connectivity index (χ4n) is 5.90. The van der Waals surface area contributed by atoms with Crippen molar-refractivity contribution in [3.63, 3.8) is 0 Å². The van der Waals surface area contributed by atoms with Gasteiger partial charge >= 0.3 is 0 Å². The Bertz CT molecular complexity index is 1330. The maximum Gasteiger partial charge on any atom is 0.240 e. The van der Waals surface area contributed by atoms with Crippen LogP contribution in [-0.2, 0) is 21.5 Å². The standard InChI is InChI=1S/C30H28N2O2/c1-20-14-16-22(17-15-20)25-29(19-31,26(33)28(2,3)4)30(25)23-12-8-9-13-24(23)32(27(30)34)18-21-10-6-5-7-11-21/h5-17,25H,18H2,1-4H3/t25-,29+,30-/m0/s1. The summed E-state index contributed by atoms with van der Waals surface area (Å²) in [5, 5.41) is 10.7. The first-order valence-corrected chi connectivity index (χ1v) is 11.7. The molecule has 1 saturated carbocycles. The van der Waals surface area contributed by atoms with Gasteiger partial charge in [0.05, 0.1) is 12.6 Å². The number of nitriles is 1. The van der Waals surface area contributed by atoms with Crippen LogP contribution in [0.1, 0.15) is 48.9 Å². The van der Waals surface area contributed by atoms with E-state index in [2.05, 4.69) is 6.07 Å². The number of fused-ring (bicyclic) bond motifs is 2. The smallest absolute Gasteiger partial charge is 0.240 e. The van der Waals surface area contributed by atoms with Crippen LogP contribution in [0, 0.1) is 29.1 Å². The Balaban J connectivity index is 1.75. The highest BCUT2D eigenvalue weighted by Crippen LogP contribution is 2.79. The monoisotopic (exact) mass is 448 g/mol. The molecule has 170 valence electrons. The molecular weight excluding hydrogens is 420 g/mol. The lowest BCUT2D eigenvalue weighted by Gasteiger charge is -2.23. The average molecular weight is 449 g/mol. The molecule has 34 heavy (non-hydrogen) atoms. The molecule has 1 spiro atoms. The second-order valence-electron chi connectivity index (χ2n) is 10.5. The number of carbonyl (C=O) groups is 2. The fraction of sp³-hybridized carbons (Fsp3) is 0.300. The van der Waals surface area contributed by atoms with Crippen molar-refractivity contribution in [3.05, 3.63) is 101 Å². The zero-order valence-corrected chi connectivity index (χ0v) is 20.0. The van der Waals surface area contributed by atoms with E-state index in [1.807, 2.05) is 107 Å². The molecule has 0 saturated heterocycles. The number of amides is 1. The SMILES string of the molecule is Cc1ccc([C@H]2[C@](C#N)(C(=O)C(C)(C)C)[C@]23C(=O)N(Cc2ccccc2)c2ccccc23)cc1. The minimum Gasteiger partial charge on any atom is -0.307 e. The van der Waals surface area contributed by atoms with Crippen LogP contribution in [0.5, 0.6) is 0 Å². The van der Waals surface area contributed by atoms with Gasteiger partial charge in [0.25, 0.3) is 0 Å². The predicted molar refractivity (Wildman–Crippen MR) is 132 cm³/mol. The summed E-state index contributed by atoms with van der Waals surface area (Å²) < 4.78 is 0. The van der Waals surface area contributed by atoms with Crippen molar-refractivity contribution in [2.75, 3.05) is 4.90 Å². The number of hydrogen-bond donors (Lipinski definition) is 0.